The Kier molecular flexibility index (Phi) is 5.69. The van der Waals surface area contributed by atoms with E-state index in [1.54, 1.807) is 30.0 Å². The zero-order chi connectivity index (χ0) is 19.4. The van der Waals surface area contributed by atoms with Crippen molar-refractivity contribution in [1.29, 1.82) is 0 Å². The minimum atomic E-state index is -2.93. The van der Waals surface area contributed by atoms with Gasteiger partial charge in [-0.25, -0.2) is 0 Å². The second kappa shape index (κ2) is 8.16. The van der Waals surface area contributed by atoms with E-state index in [-0.39, 0.29) is 17.7 Å². The van der Waals surface area contributed by atoms with Crippen LogP contribution in [0, 0.1) is 0 Å². The van der Waals surface area contributed by atoms with E-state index in [0.717, 1.165) is 17.7 Å². The minimum absolute atomic E-state index is 0.0130. The van der Waals surface area contributed by atoms with Crippen LogP contribution in [-0.4, -0.2) is 30.9 Å². The fourth-order valence-corrected chi connectivity index (χ4v) is 3.11. The lowest BCUT2D eigenvalue weighted by molar-refractivity contribution is -0.129. The predicted molar refractivity (Wildman–Crippen MR) is 98.3 cm³/mol. The maximum absolute atomic E-state index is 12.8. The van der Waals surface area contributed by atoms with Crippen molar-refractivity contribution in [2.45, 2.75) is 39.0 Å². The number of ether oxygens (including phenoxy) is 1. The Morgan fingerprint density at radius 3 is 2.70 bits per heavy atom. The van der Waals surface area contributed by atoms with Crippen molar-refractivity contribution in [3.63, 3.8) is 0 Å². The number of hydrogen-bond donors (Lipinski definition) is 0. The van der Waals surface area contributed by atoms with Gasteiger partial charge < -0.3 is 14.5 Å². The molecule has 1 amide bonds. The standard InChI is InChI=1S/C20H20F2N2O3/c1-13-11-15-7-3-5-9-17(15)24(13)19(25)14(2)27-23-12-16-8-4-6-10-18(16)26-20(21)22/h3-10,12-14,20H,11H2,1-2H3/b23-12+. The summed E-state index contributed by atoms with van der Waals surface area (Å²) in [4.78, 5) is 19.8. The number of hydrogen-bond acceptors (Lipinski definition) is 4. The Bertz CT molecular complexity index is 841. The molecular weight excluding hydrogens is 354 g/mol. The number of halogens is 2. The van der Waals surface area contributed by atoms with Crippen molar-refractivity contribution in [1.82, 2.24) is 0 Å². The molecule has 0 spiro atoms. The van der Waals surface area contributed by atoms with Crippen molar-refractivity contribution in [3.05, 3.63) is 59.7 Å². The molecule has 0 radical (unpaired) electrons. The van der Waals surface area contributed by atoms with E-state index in [1.165, 1.54) is 12.3 Å². The molecule has 2 aromatic carbocycles. The molecule has 7 heteroatoms. The van der Waals surface area contributed by atoms with Crippen LogP contribution in [0.4, 0.5) is 14.5 Å². The highest BCUT2D eigenvalue weighted by molar-refractivity contribution is 5.98. The smallest absolute Gasteiger partial charge is 0.387 e. The molecule has 2 unspecified atom stereocenters. The summed E-state index contributed by atoms with van der Waals surface area (Å²) in [5, 5.41) is 3.79. The van der Waals surface area contributed by atoms with Gasteiger partial charge in [0.25, 0.3) is 5.91 Å². The first-order valence-corrected chi connectivity index (χ1v) is 8.61. The molecule has 0 fully saturated rings. The molecule has 0 N–H and O–H groups in total. The maximum atomic E-state index is 12.8. The minimum Gasteiger partial charge on any atom is -0.434 e. The van der Waals surface area contributed by atoms with E-state index in [0.29, 0.717) is 5.56 Å². The molecule has 142 valence electrons. The van der Waals surface area contributed by atoms with Crippen molar-refractivity contribution in [2.24, 2.45) is 5.16 Å². The quantitative estimate of drug-likeness (QED) is 0.567. The van der Waals surface area contributed by atoms with Crippen LogP contribution in [0.1, 0.15) is 25.0 Å². The normalized spacial score (nSPS) is 17.2. The molecule has 0 saturated carbocycles. The molecular formula is C20H20F2N2O3. The predicted octanol–water partition coefficient (Wildman–Crippen LogP) is 4.00. The zero-order valence-corrected chi connectivity index (χ0v) is 15.0. The average Bonchev–Trinajstić information content (AvgIpc) is 2.97. The van der Waals surface area contributed by atoms with Crippen LogP contribution in [0.3, 0.4) is 0 Å². The molecule has 0 aliphatic carbocycles. The van der Waals surface area contributed by atoms with Gasteiger partial charge in [0.1, 0.15) is 5.75 Å². The highest BCUT2D eigenvalue weighted by Gasteiger charge is 2.33. The zero-order valence-electron chi connectivity index (χ0n) is 15.0. The van der Waals surface area contributed by atoms with Crippen molar-refractivity contribution in [2.75, 3.05) is 4.90 Å². The SMILES string of the molecule is CC(O/N=C/c1ccccc1OC(F)F)C(=O)N1c2ccccc2CC1C. The van der Waals surface area contributed by atoms with Crippen LogP contribution in [0.25, 0.3) is 0 Å². The van der Waals surface area contributed by atoms with Crippen LogP contribution < -0.4 is 9.64 Å². The van der Waals surface area contributed by atoms with Gasteiger partial charge >= 0.3 is 6.61 Å². The number of rotatable bonds is 6. The molecule has 1 heterocycles. The number of carbonyl (C=O) groups excluding carboxylic acids is 1. The lowest BCUT2D eigenvalue weighted by Gasteiger charge is -2.24. The van der Waals surface area contributed by atoms with Crippen molar-refractivity contribution >= 4 is 17.8 Å². The molecule has 0 saturated heterocycles. The second-order valence-corrected chi connectivity index (χ2v) is 6.29. The third kappa shape index (κ3) is 4.24. The molecule has 0 bridgehead atoms. The number of alkyl halides is 2. The first-order chi connectivity index (χ1) is 13.0. The molecule has 5 nitrogen and oxygen atoms in total. The molecule has 1 aliphatic heterocycles. The first-order valence-electron chi connectivity index (χ1n) is 8.61. The Balaban J connectivity index is 1.67. The molecule has 27 heavy (non-hydrogen) atoms. The van der Waals surface area contributed by atoms with E-state index in [4.69, 9.17) is 4.84 Å². The van der Waals surface area contributed by atoms with E-state index < -0.39 is 12.7 Å². The van der Waals surface area contributed by atoms with Gasteiger partial charge in [-0.1, -0.05) is 35.5 Å². The fourth-order valence-electron chi connectivity index (χ4n) is 3.11. The second-order valence-electron chi connectivity index (χ2n) is 6.29. The third-order valence-electron chi connectivity index (χ3n) is 4.34. The molecule has 2 aromatic rings. The van der Waals surface area contributed by atoms with E-state index in [1.807, 2.05) is 31.2 Å². The number of nitrogens with zero attached hydrogens (tertiary/aromatic N) is 2. The lowest BCUT2D eigenvalue weighted by Crippen LogP contribution is -2.42. The summed E-state index contributed by atoms with van der Waals surface area (Å²) >= 11 is 0. The van der Waals surface area contributed by atoms with Gasteiger partial charge in [-0.3, -0.25) is 4.79 Å². The molecule has 3 rings (SSSR count). The van der Waals surface area contributed by atoms with Gasteiger partial charge in [-0.05, 0) is 44.0 Å². The average molecular weight is 374 g/mol. The number of anilines is 1. The Labute approximate surface area is 156 Å². The van der Waals surface area contributed by atoms with Crippen LogP contribution >= 0.6 is 0 Å². The monoisotopic (exact) mass is 374 g/mol. The number of fused-ring (bicyclic) bond motifs is 1. The summed E-state index contributed by atoms with van der Waals surface area (Å²) < 4.78 is 29.3. The Morgan fingerprint density at radius 2 is 1.93 bits per heavy atom. The van der Waals surface area contributed by atoms with Gasteiger partial charge in [-0.2, -0.15) is 8.78 Å². The van der Waals surface area contributed by atoms with Crippen molar-refractivity contribution in [3.8, 4) is 5.75 Å². The number of para-hydroxylation sites is 2. The number of oxime groups is 1. The third-order valence-corrected chi connectivity index (χ3v) is 4.34. The van der Waals surface area contributed by atoms with Crippen LogP contribution in [0.5, 0.6) is 5.75 Å². The van der Waals surface area contributed by atoms with E-state index in [2.05, 4.69) is 9.89 Å². The summed E-state index contributed by atoms with van der Waals surface area (Å²) in [7, 11) is 0. The number of benzene rings is 2. The summed E-state index contributed by atoms with van der Waals surface area (Å²) in [6, 6.07) is 14.0. The summed E-state index contributed by atoms with van der Waals surface area (Å²) in [6.45, 7) is 0.651. The van der Waals surface area contributed by atoms with Gasteiger partial charge in [0.15, 0.2) is 0 Å². The van der Waals surface area contributed by atoms with Gasteiger partial charge in [0.05, 0.1) is 6.21 Å². The summed E-state index contributed by atoms with van der Waals surface area (Å²) in [6.07, 6.45) is 1.22. The Hall–Kier alpha value is -2.96. The van der Waals surface area contributed by atoms with Gasteiger partial charge in [0, 0.05) is 17.3 Å². The first kappa shape index (κ1) is 18.8. The highest BCUT2D eigenvalue weighted by atomic mass is 19.3. The lowest BCUT2D eigenvalue weighted by atomic mass is 10.1. The molecule has 1 aliphatic rings. The fraction of sp³-hybridized carbons (Fsp3) is 0.300. The van der Waals surface area contributed by atoms with Crippen LogP contribution in [0.2, 0.25) is 0 Å². The maximum Gasteiger partial charge on any atom is 0.387 e. The number of carbonyl (C=O) groups is 1. The van der Waals surface area contributed by atoms with E-state index in [9.17, 15) is 13.6 Å². The summed E-state index contributed by atoms with van der Waals surface area (Å²) in [5.74, 6) is -0.220. The topological polar surface area (TPSA) is 51.1 Å². The van der Waals surface area contributed by atoms with Gasteiger partial charge in [-0.15, -0.1) is 0 Å². The largest absolute Gasteiger partial charge is 0.434 e. The van der Waals surface area contributed by atoms with Gasteiger partial charge in [0.2, 0.25) is 6.10 Å². The number of amides is 1. The van der Waals surface area contributed by atoms with Crippen LogP contribution in [-0.2, 0) is 16.1 Å². The highest BCUT2D eigenvalue weighted by Crippen LogP contribution is 2.32. The molecule has 2 atom stereocenters. The Morgan fingerprint density at radius 1 is 1.22 bits per heavy atom. The van der Waals surface area contributed by atoms with E-state index >= 15 is 0 Å². The van der Waals surface area contributed by atoms with Crippen LogP contribution in [0.15, 0.2) is 53.7 Å². The molecule has 0 aromatic heterocycles. The van der Waals surface area contributed by atoms with Crippen molar-refractivity contribution < 1.29 is 23.1 Å². The summed E-state index contributed by atoms with van der Waals surface area (Å²) in [5.41, 5.74) is 2.33.